The van der Waals surface area contributed by atoms with Crippen molar-refractivity contribution in [1.29, 1.82) is 0 Å². The van der Waals surface area contributed by atoms with Gasteiger partial charge in [-0.05, 0) is 18.2 Å². The molecule has 0 aliphatic heterocycles. The first-order valence-corrected chi connectivity index (χ1v) is 5.50. The van der Waals surface area contributed by atoms with Crippen LogP contribution in [0, 0.1) is 10.1 Å². The number of hydrogen-bond donors (Lipinski definition) is 0. The van der Waals surface area contributed by atoms with E-state index < -0.39 is 4.92 Å². The van der Waals surface area contributed by atoms with Crippen LogP contribution in [0.5, 0.6) is 0 Å². The van der Waals surface area contributed by atoms with E-state index in [-0.39, 0.29) is 23.7 Å². The average molecular weight is 258 g/mol. The maximum absolute atomic E-state index is 11.6. The Labute approximate surface area is 108 Å². The largest absolute Gasteiger partial charge is 0.461 e. The van der Waals surface area contributed by atoms with E-state index in [0.29, 0.717) is 5.69 Å². The van der Waals surface area contributed by atoms with Crippen molar-refractivity contribution < 1.29 is 14.1 Å². The van der Waals surface area contributed by atoms with E-state index in [4.69, 9.17) is 4.42 Å². The number of rotatable bonds is 5. The number of non-ortho nitro benzene ring substituents is 1. The fourth-order valence-electron chi connectivity index (χ4n) is 1.46. The highest BCUT2D eigenvalue weighted by Gasteiger charge is 2.07. The number of nitro groups is 1. The molecule has 6 nitrogen and oxygen atoms in total. The molecule has 19 heavy (non-hydrogen) atoms. The van der Waals surface area contributed by atoms with Gasteiger partial charge in [0, 0.05) is 24.8 Å². The minimum atomic E-state index is -0.493. The molecule has 0 fully saturated rings. The molecule has 0 unspecified atom stereocenters. The molecular weight excluding hydrogens is 248 g/mol. The summed E-state index contributed by atoms with van der Waals surface area (Å²) < 4.78 is 4.95. The van der Waals surface area contributed by atoms with Crippen LogP contribution in [0.25, 0.3) is 0 Å². The number of nitrogens with zero attached hydrogens (tertiary/aromatic N) is 2. The highest BCUT2D eigenvalue weighted by Crippen LogP contribution is 2.19. The standard InChI is InChI=1S/C13H10N2O4/c16-12(13-5-2-8-19-13)6-7-14-10-3-1-4-11(9-10)15(17)18/h1-5,7-9H,6H2. The van der Waals surface area contributed by atoms with Crippen LogP contribution >= 0.6 is 0 Å². The van der Waals surface area contributed by atoms with Gasteiger partial charge in [-0.15, -0.1) is 0 Å². The molecular formula is C13H10N2O4. The summed E-state index contributed by atoms with van der Waals surface area (Å²) in [4.78, 5) is 25.7. The van der Waals surface area contributed by atoms with E-state index in [9.17, 15) is 14.9 Å². The van der Waals surface area contributed by atoms with Gasteiger partial charge in [-0.1, -0.05) is 6.07 Å². The smallest absolute Gasteiger partial charge is 0.271 e. The molecule has 96 valence electrons. The highest BCUT2D eigenvalue weighted by molar-refractivity contribution is 6.01. The zero-order valence-electron chi connectivity index (χ0n) is 9.85. The summed E-state index contributed by atoms with van der Waals surface area (Å²) in [6.07, 6.45) is 2.91. The van der Waals surface area contributed by atoms with Crippen LogP contribution in [0.4, 0.5) is 11.4 Å². The second-order valence-corrected chi connectivity index (χ2v) is 3.69. The van der Waals surface area contributed by atoms with Gasteiger partial charge in [0.1, 0.15) is 0 Å². The van der Waals surface area contributed by atoms with Crippen molar-refractivity contribution in [3.8, 4) is 0 Å². The second-order valence-electron chi connectivity index (χ2n) is 3.69. The Balaban J connectivity index is 2.01. The van der Waals surface area contributed by atoms with Crippen LogP contribution < -0.4 is 0 Å². The lowest BCUT2D eigenvalue weighted by Crippen LogP contribution is -1.96. The number of benzene rings is 1. The van der Waals surface area contributed by atoms with Gasteiger partial charge in [-0.3, -0.25) is 19.9 Å². The molecule has 0 N–H and O–H groups in total. The molecule has 1 aromatic heterocycles. The molecule has 2 aromatic rings. The third-order valence-electron chi connectivity index (χ3n) is 2.35. The Kier molecular flexibility index (Phi) is 3.82. The fraction of sp³-hybridized carbons (Fsp3) is 0.0769. The summed E-state index contributed by atoms with van der Waals surface area (Å²) in [7, 11) is 0. The summed E-state index contributed by atoms with van der Waals surface area (Å²) in [6, 6.07) is 9.09. The summed E-state index contributed by atoms with van der Waals surface area (Å²) >= 11 is 0. The number of carbonyl (C=O) groups is 1. The maximum Gasteiger partial charge on any atom is 0.271 e. The Morgan fingerprint density at radius 3 is 2.89 bits per heavy atom. The molecule has 2 rings (SSSR count). The van der Waals surface area contributed by atoms with Crippen LogP contribution in [-0.4, -0.2) is 16.9 Å². The Hall–Kier alpha value is -2.76. The predicted molar refractivity (Wildman–Crippen MR) is 68.9 cm³/mol. The topological polar surface area (TPSA) is 85.7 Å². The Morgan fingerprint density at radius 2 is 2.21 bits per heavy atom. The van der Waals surface area contributed by atoms with Crippen LogP contribution in [0.2, 0.25) is 0 Å². The number of nitro benzene ring substituents is 1. The van der Waals surface area contributed by atoms with E-state index in [2.05, 4.69) is 4.99 Å². The maximum atomic E-state index is 11.6. The van der Waals surface area contributed by atoms with E-state index >= 15 is 0 Å². The minimum absolute atomic E-state index is 0.0352. The fourth-order valence-corrected chi connectivity index (χ4v) is 1.46. The molecule has 1 aromatic carbocycles. The Bertz CT molecular complexity index is 617. The lowest BCUT2D eigenvalue weighted by atomic mass is 10.2. The number of Topliss-reactive ketones (excluding diaryl/α,β-unsaturated/α-hetero) is 1. The van der Waals surface area contributed by atoms with Gasteiger partial charge in [0.15, 0.2) is 5.76 Å². The normalized spacial score (nSPS) is 10.7. The van der Waals surface area contributed by atoms with Crippen molar-refractivity contribution in [2.24, 2.45) is 4.99 Å². The van der Waals surface area contributed by atoms with Gasteiger partial charge in [0.25, 0.3) is 5.69 Å². The van der Waals surface area contributed by atoms with Crippen molar-refractivity contribution in [2.75, 3.05) is 0 Å². The third-order valence-corrected chi connectivity index (χ3v) is 2.35. The monoisotopic (exact) mass is 258 g/mol. The van der Waals surface area contributed by atoms with Gasteiger partial charge < -0.3 is 4.42 Å². The molecule has 0 radical (unpaired) electrons. The molecule has 6 heteroatoms. The van der Waals surface area contributed by atoms with Gasteiger partial charge in [-0.2, -0.15) is 0 Å². The first kappa shape index (κ1) is 12.7. The highest BCUT2D eigenvalue weighted by atomic mass is 16.6. The lowest BCUT2D eigenvalue weighted by molar-refractivity contribution is -0.384. The number of furan rings is 1. The molecule has 0 bridgehead atoms. The van der Waals surface area contributed by atoms with Crippen molar-refractivity contribution >= 4 is 23.4 Å². The summed E-state index contributed by atoms with van der Waals surface area (Å²) in [6.45, 7) is 0. The first-order chi connectivity index (χ1) is 9.16. The number of aliphatic imine (C=N–C) groups is 1. The average Bonchev–Trinajstić information content (AvgIpc) is 2.93. The molecule has 0 atom stereocenters. The van der Waals surface area contributed by atoms with Gasteiger partial charge in [0.2, 0.25) is 5.78 Å². The summed E-state index contributed by atoms with van der Waals surface area (Å²) in [5.74, 6) is 0.0738. The number of hydrogen-bond acceptors (Lipinski definition) is 5. The first-order valence-electron chi connectivity index (χ1n) is 5.50. The van der Waals surface area contributed by atoms with E-state index in [1.165, 1.54) is 24.6 Å². The number of carbonyl (C=O) groups excluding carboxylic acids is 1. The van der Waals surface area contributed by atoms with Gasteiger partial charge in [0.05, 0.1) is 16.9 Å². The molecule has 0 amide bonds. The van der Waals surface area contributed by atoms with Crippen LogP contribution in [0.1, 0.15) is 17.0 Å². The zero-order valence-corrected chi connectivity index (χ0v) is 9.85. The van der Waals surface area contributed by atoms with Crippen LogP contribution in [0.3, 0.4) is 0 Å². The zero-order chi connectivity index (χ0) is 13.7. The van der Waals surface area contributed by atoms with E-state index in [0.717, 1.165) is 0 Å². The lowest BCUT2D eigenvalue weighted by Gasteiger charge is -1.94. The second kappa shape index (κ2) is 5.72. The van der Waals surface area contributed by atoms with Crippen molar-refractivity contribution in [3.05, 3.63) is 58.5 Å². The third kappa shape index (κ3) is 3.35. The molecule has 0 saturated carbocycles. The molecule has 0 spiro atoms. The molecule has 1 heterocycles. The predicted octanol–water partition coefficient (Wildman–Crippen LogP) is 3.16. The molecule has 0 aliphatic carbocycles. The van der Waals surface area contributed by atoms with Crippen LogP contribution in [0.15, 0.2) is 52.1 Å². The summed E-state index contributed by atoms with van der Waals surface area (Å²) in [5.41, 5.74) is 0.397. The molecule has 0 aliphatic rings. The van der Waals surface area contributed by atoms with Crippen LogP contribution in [-0.2, 0) is 0 Å². The van der Waals surface area contributed by atoms with E-state index in [1.807, 2.05) is 0 Å². The van der Waals surface area contributed by atoms with E-state index in [1.54, 1.807) is 24.3 Å². The van der Waals surface area contributed by atoms with Crippen molar-refractivity contribution in [2.45, 2.75) is 6.42 Å². The number of ketones is 1. The van der Waals surface area contributed by atoms with Crippen molar-refractivity contribution in [1.82, 2.24) is 0 Å². The molecule has 0 saturated heterocycles. The van der Waals surface area contributed by atoms with Gasteiger partial charge >= 0.3 is 0 Å². The minimum Gasteiger partial charge on any atom is -0.461 e. The SMILES string of the molecule is O=C(CC=Nc1cccc([N+](=O)[O-])c1)c1ccco1. The Morgan fingerprint density at radius 1 is 1.37 bits per heavy atom. The van der Waals surface area contributed by atoms with Gasteiger partial charge in [-0.25, -0.2) is 0 Å². The van der Waals surface area contributed by atoms with Crippen molar-refractivity contribution in [3.63, 3.8) is 0 Å². The quantitative estimate of drug-likeness (QED) is 0.357. The summed E-state index contributed by atoms with van der Waals surface area (Å²) in [5, 5.41) is 10.6.